The van der Waals surface area contributed by atoms with Crippen LogP contribution in [0.15, 0.2) is 0 Å². The fourth-order valence-corrected chi connectivity index (χ4v) is 5.43. The van der Waals surface area contributed by atoms with E-state index in [4.69, 9.17) is 4.74 Å². The van der Waals surface area contributed by atoms with Gasteiger partial charge in [0.25, 0.3) is 0 Å². The average molecular weight is 379 g/mol. The van der Waals surface area contributed by atoms with Crippen LogP contribution in [0.3, 0.4) is 0 Å². The van der Waals surface area contributed by atoms with Crippen molar-refractivity contribution < 1.29 is 14.3 Å². The van der Waals surface area contributed by atoms with Gasteiger partial charge in [-0.25, -0.2) is 0 Å². The summed E-state index contributed by atoms with van der Waals surface area (Å²) in [4.78, 5) is 32.1. The quantitative estimate of drug-likeness (QED) is 0.758. The van der Waals surface area contributed by atoms with E-state index in [0.29, 0.717) is 13.0 Å². The fraction of sp³-hybridized carbons (Fsp3) is 0.900. The third kappa shape index (κ3) is 3.87. The molecule has 3 heterocycles. The molecule has 4 fully saturated rings. The zero-order valence-electron chi connectivity index (χ0n) is 16.8. The van der Waals surface area contributed by atoms with Gasteiger partial charge in [0.2, 0.25) is 11.8 Å². The van der Waals surface area contributed by atoms with E-state index >= 15 is 0 Å². The number of nitrogens with zero attached hydrogens (tertiary/aromatic N) is 3. The van der Waals surface area contributed by atoms with Crippen molar-refractivity contribution in [2.75, 3.05) is 59.5 Å². The predicted molar refractivity (Wildman–Crippen MR) is 102 cm³/mol. The smallest absolute Gasteiger partial charge is 0.228 e. The Hall–Kier alpha value is -1.18. The van der Waals surface area contributed by atoms with Gasteiger partial charge in [-0.2, -0.15) is 0 Å². The Balaban J connectivity index is 1.34. The maximum Gasteiger partial charge on any atom is 0.228 e. The molecule has 7 heteroatoms. The summed E-state index contributed by atoms with van der Waals surface area (Å²) in [5.41, 5.74) is -0.0587. The molecule has 1 saturated carbocycles. The van der Waals surface area contributed by atoms with Crippen LogP contribution in [0.1, 0.15) is 32.6 Å². The molecule has 3 saturated heterocycles. The second-order valence-corrected chi connectivity index (χ2v) is 9.14. The maximum atomic E-state index is 13.3. The SMILES string of the molecule is CC1CN(CC2CN(C)CCO2)CCN1C(=O)C1CNC(=O)CC12CCC2. The first kappa shape index (κ1) is 19.2. The molecule has 0 radical (unpaired) electrons. The van der Waals surface area contributed by atoms with Gasteiger partial charge in [-0.05, 0) is 32.2 Å². The van der Waals surface area contributed by atoms with E-state index in [1.165, 1.54) is 0 Å². The van der Waals surface area contributed by atoms with Crippen LogP contribution < -0.4 is 5.32 Å². The standard InChI is InChI=1S/C20H34N4O3/c1-15-12-23(14-16-13-22(2)8-9-27-16)6-7-24(15)19(26)17-11-21-18(25)10-20(17)4-3-5-20/h15-17H,3-14H2,1-2H3,(H,21,25). The lowest BCUT2D eigenvalue weighted by molar-refractivity contribution is -0.153. The highest BCUT2D eigenvalue weighted by atomic mass is 16.5. The minimum atomic E-state index is -0.0587. The van der Waals surface area contributed by atoms with E-state index in [0.717, 1.165) is 65.1 Å². The van der Waals surface area contributed by atoms with Gasteiger partial charge in [0.15, 0.2) is 0 Å². The van der Waals surface area contributed by atoms with Crippen molar-refractivity contribution in [3.05, 3.63) is 0 Å². The van der Waals surface area contributed by atoms with Crippen LogP contribution in [0.2, 0.25) is 0 Å². The Bertz CT molecular complexity index is 580. The Morgan fingerprint density at radius 2 is 2.07 bits per heavy atom. The highest BCUT2D eigenvalue weighted by molar-refractivity contribution is 5.86. The highest BCUT2D eigenvalue weighted by Gasteiger charge is 2.52. The Kier molecular flexibility index (Phi) is 5.45. The molecule has 1 spiro atoms. The van der Waals surface area contributed by atoms with Gasteiger partial charge in [0.05, 0.1) is 18.6 Å². The monoisotopic (exact) mass is 378 g/mol. The third-order valence-electron chi connectivity index (χ3n) is 7.20. The molecule has 0 aromatic rings. The van der Waals surface area contributed by atoms with Crippen LogP contribution in [-0.4, -0.2) is 98.1 Å². The Morgan fingerprint density at radius 3 is 2.74 bits per heavy atom. The van der Waals surface area contributed by atoms with Crippen LogP contribution >= 0.6 is 0 Å². The van der Waals surface area contributed by atoms with E-state index in [-0.39, 0.29) is 35.3 Å². The molecule has 7 nitrogen and oxygen atoms in total. The number of nitrogens with one attached hydrogen (secondary N) is 1. The summed E-state index contributed by atoms with van der Waals surface area (Å²) >= 11 is 0. The first-order chi connectivity index (χ1) is 13.0. The molecule has 3 atom stereocenters. The van der Waals surface area contributed by atoms with Crippen LogP contribution in [0.5, 0.6) is 0 Å². The zero-order valence-corrected chi connectivity index (χ0v) is 16.8. The summed E-state index contributed by atoms with van der Waals surface area (Å²) in [6.07, 6.45) is 4.00. The van der Waals surface area contributed by atoms with Crippen molar-refractivity contribution in [2.45, 2.75) is 44.8 Å². The van der Waals surface area contributed by atoms with Crippen molar-refractivity contribution in [3.8, 4) is 0 Å². The van der Waals surface area contributed by atoms with E-state index < -0.39 is 0 Å². The molecule has 1 N–H and O–H groups in total. The van der Waals surface area contributed by atoms with E-state index in [9.17, 15) is 9.59 Å². The number of hydrogen-bond donors (Lipinski definition) is 1. The van der Waals surface area contributed by atoms with E-state index in [1.54, 1.807) is 0 Å². The van der Waals surface area contributed by atoms with Gasteiger partial charge in [-0.3, -0.25) is 14.5 Å². The molecule has 0 aromatic carbocycles. The predicted octanol–water partition coefficient (Wildman–Crippen LogP) is 0.156. The van der Waals surface area contributed by atoms with Gasteiger partial charge in [0.1, 0.15) is 0 Å². The lowest BCUT2D eigenvalue weighted by atomic mass is 9.57. The number of rotatable bonds is 3. The number of likely N-dealkylation sites (N-methyl/N-ethyl adjacent to an activating group) is 1. The second kappa shape index (κ2) is 7.68. The van der Waals surface area contributed by atoms with Crippen molar-refractivity contribution in [1.82, 2.24) is 20.0 Å². The Labute approximate surface area is 162 Å². The normalized spacial score (nSPS) is 35.0. The van der Waals surface area contributed by atoms with Crippen LogP contribution in [-0.2, 0) is 14.3 Å². The minimum Gasteiger partial charge on any atom is -0.374 e. The van der Waals surface area contributed by atoms with Gasteiger partial charge in [0, 0.05) is 58.3 Å². The minimum absolute atomic E-state index is 0.0340. The number of carbonyl (C=O) groups excluding carboxylic acids is 2. The number of ether oxygens (including phenoxy) is 1. The first-order valence-corrected chi connectivity index (χ1v) is 10.6. The maximum absolute atomic E-state index is 13.3. The first-order valence-electron chi connectivity index (χ1n) is 10.6. The summed E-state index contributed by atoms with van der Waals surface area (Å²) in [7, 11) is 2.15. The number of morpholine rings is 1. The van der Waals surface area contributed by atoms with Crippen molar-refractivity contribution >= 4 is 11.8 Å². The largest absolute Gasteiger partial charge is 0.374 e. The van der Waals surface area contributed by atoms with E-state index in [2.05, 4.69) is 34.0 Å². The number of carbonyl (C=O) groups is 2. The Morgan fingerprint density at radius 1 is 1.26 bits per heavy atom. The lowest BCUT2D eigenvalue weighted by Crippen LogP contribution is -2.62. The van der Waals surface area contributed by atoms with Crippen LogP contribution in [0, 0.1) is 11.3 Å². The molecule has 3 aliphatic heterocycles. The topological polar surface area (TPSA) is 65.1 Å². The molecule has 2 amide bonds. The van der Waals surface area contributed by atoms with E-state index in [1.807, 2.05) is 0 Å². The summed E-state index contributed by atoms with van der Waals surface area (Å²) in [5, 5.41) is 2.94. The molecular weight excluding hydrogens is 344 g/mol. The molecule has 152 valence electrons. The number of hydrogen-bond acceptors (Lipinski definition) is 5. The number of piperidine rings is 1. The fourth-order valence-electron chi connectivity index (χ4n) is 5.43. The number of amides is 2. The molecule has 0 bridgehead atoms. The molecule has 4 rings (SSSR count). The molecule has 27 heavy (non-hydrogen) atoms. The van der Waals surface area contributed by atoms with Crippen molar-refractivity contribution in [3.63, 3.8) is 0 Å². The van der Waals surface area contributed by atoms with Gasteiger partial charge in [-0.1, -0.05) is 6.42 Å². The van der Waals surface area contributed by atoms with Crippen LogP contribution in [0.4, 0.5) is 0 Å². The summed E-state index contributed by atoms with van der Waals surface area (Å²) < 4.78 is 5.91. The van der Waals surface area contributed by atoms with Gasteiger partial charge < -0.3 is 19.9 Å². The zero-order chi connectivity index (χ0) is 19.0. The average Bonchev–Trinajstić information content (AvgIpc) is 2.60. The molecule has 1 aliphatic carbocycles. The summed E-state index contributed by atoms with van der Waals surface area (Å²) in [6, 6.07) is 0.210. The number of piperazine rings is 1. The van der Waals surface area contributed by atoms with Crippen molar-refractivity contribution in [1.29, 1.82) is 0 Å². The molecule has 3 unspecified atom stereocenters. The molecule has 4 aliphatic rings. The highest BCUT2D eigenvalue weighted by Crippen LogP contribution is 2.51. The molecule has 0 aromatic heterocycles. The van der Waals surface area contributed by atoms with Crippen LogP contribution in [0.25, 0.3) is 0 Å². The lowest BCUT2D eigenvalue weighted by Gasteiger charge is -2.52. The summed E-state index contributed by atoms with van der Waals surface area (Å²) in [6.45, 7) is 9.02. The van der Waals surface area contributed by atoms with Gasteiger partial charge >= 0.3 is 0 Å². The third-order valence-corrected chi connectivity index (χ3v) is 7.20. The second-order valence-electron chi connectivity index (χ2n) is 9.14. The summed E-state index contributed by atoms with van der Waals surface area (Å²) in [5.74, 6) is 0.345. The van der Waals surface area contributed by atoms with Crippen molar-refractivity contribution in [2.24, 2.45) is 11.3 Å². The van der Waals surface area contributed by atoms with Gasteiger partial charge in [-0.15, -0.1) is 0 Å². The molecular formula is C20H34N4O3.